The Balaban J connectivity index is 2.03. The first kappa shape index (κ1) is 16.0. The molecule has 1 atom stereocenters. The molecule has 1 aromatic rings. The standard InChI is InChI=1S/C13H19BrN4O3/c1-17-4-3-9(7-17)5-15-10-6-16-18(8-11(19)21-2)13(20)12(10)14/h6,9,15H,3-5,7-8H2,1-2H3. The highest BCUT2D eigenvalue weighted by Gasteiger charge is 2.20. The summed E-state index contributed by atoms with van der Waals surface area (Å²) in [7, 11) is 3.38. The molecular weight excluding hydrogens is 340 g/mol. The summed E-state index contributed by atoms with van der Waals surface area (Å²) in [5.41, 5.74) is 0.296. The maximum absolute atomic E-state index is 12.1. The lowest BCUT2D eigenvalue weighted by Crippen LogP contribution is -2.29. The predicted molar refractivity (Wildman–Crippen MR) is 82.3 cm³/mol. The molecule has 7 nitrogen and oxygen atoms in total. The van der Waals surface area contributed by atoms with E-state index < -0.39 is 5.97 Å². The summed E-state index contributed by atoms with van der Waals surface area (Å²) in [5, 5.41) is 7.23. The second kappa shape index (κ2) is 7.04. The van der Waals surface area contributed by atoms with Gasteiger partial charge in [-0.3, -0.25) is 9.59 Å². The normalized spacial score (nSPS) is 18.7. The fraction of sp³-hybridized carbons (Fsp3) is 0.615. The van der Waals surface area contributed by atoms with Crippen LogP contribution in [0.25, 0.3) is 0 Å². The number of ether oxygens (including phenoxy) is 1. The van der Waals surface area contributed by atoms with Gasteiger partial charge in [0.2, 0.25) is 0 Å². The summed E-state index contributed by atoms with van der Waals surface area (Å²) < 4.78 is 5.99. The lowest BCUT2D eigenvalue weighted by Gasteiger charge is -2.14. The predicted octanol–water partition coefficient (Wildman–Crippen LogP) is 0.542. The number of rotatable bonds is 5. The van der Waals surface area contributed by atoms with Gasteiger partial charge in [0.1, 0.15) is 11.0 Å². The van der Waals surface area contributed by atoms with Gasteiger partial charge in [0, 0.05) is 13.1 Å². The third-order valence-electron chi connectivity index (χ3n) is 3.56. The van der Waals surface area contributed by atoms with Gasteiger partial charge in [0.15, 0.2) is 0 Å². The number of nitrogens with zero attached hydrogens (tertiary/aromatic N) is 3. The van der Waals surface area contributed by atoms with Crippen molar-refractivity contribution in [1.29, 1.82) is 0 Å². The zero-order valence-electron chi connectivity index (χ0n) is 12.1. The van der Waals surface area contributed by atoms with E-state index in [4.69, 9.17) is 0 Å². The smallest absolute Gasteiger partial charge is 0.327 e. The lowest BCUT2D eigenvalue weighted by atomic mass is 10.1. The molecule has 1 saturated heterocycles. The Morgan fingerprint density at radius 1 is 1.62 bits per heavy atom. The molecule has 116 valence electrons. The van der Waals surface area contributed by atoms with E-state index in [-0.39, 0.29) is 12.1 Å². The molecule has 1 aliphatic rings. The molecule has 8 heteroatoms. The third-order valence-corrected chi connectivity index (χ3v) is 4.33. The molecular formula is C13H19BrN4O3. The first-order valence-corrected chi connectivity index (χ1v) is 7.55. The largest absolute Gasteiger partial charge is 0.468 e. The second-order valence-corrected chi connectivity index (χ2v) is 6.00. The van der Waals surface area contributed by atoms with Crippen LogP contribution in [-0.4, -0.2) is 54.4 Å². The van der Waals surface area contributed by atoms with Crippen molar-refractivity contribution in [1.82, 2.24) is 14.7 Å². The Bertz CT molecular complexity index is 575. The van der Waals surface area contributed by atoms with Crippen molar-refractivity contribution >= 4 is 27.6 Å². The van der Waals surface area contributed by atoms with Crippen molar-refractivity contribution in [3.05, 3.63) is 21.0 Å². The number of hydrogen-bond donors (Lipinski definition) is 1. The van der Waals surface area contributed by atoms with Gasteiger partial charge < -0.3 is 15.0 Å². The quantitative estimate of drug-likeness (QED) is 0.774. The molecule has 0 radical (unpaired) electrons. The minimum Gasteiger partial charge on any atom is -0.468 e. The van der Waals surface area contributed by atoms with E-state index >= 15 is 0 Å². The highest BCUT2D eigenvalue weighted by Crippen LogP contribution is 2.19. The van der Waals surface area contributed by atoms with Crippen molar-refractivity contribution in [3.63, 3.8) is 0 Å². The Morgan fingerprint density at radius 2 is 2.38 bits per heavy atom. The van der Waals surface area contributed by atoms with Crippen LogP contribution in [0.5, 0.6) is 0 Å². The number of esters is 1. The van der Waals surface area contributed by atoms with Crippen LogP contribution >= 0.6 is 15.9 Å². The molecule has 0 spiro atoms. The number of nitrogens with one attached hydrogen (secondary N) is 1. The number of anilines is 1. The van der Waals surface area contributed by atoms with E-state index in [1.807, 2.05) is 0 Å². The van der Waals surface area contributed by atoms with Gasteiger partial charge in [-0.25, -0.2) is 4.68 Å². The summed E-state index contributed by atoms with van der Waals surface area (Å²) in [6.07, 6.45) is 2.70. The topological polar surface area (TPSA) is 76.5 Å². The van der Waals surface area contributed by atoms with Crippen LogP contribution in [0.2, 0.25) is 0 Å². The minimum atomic E-state index is -0.508. The molecule has 1 N–H and O–H groups in total. The Morgan fingerprint density at radius 3 is 3.00 bits per heavy atom. The van der Waals surface area contributed by atoms with E-state index in [0.29, 0.717) is 16.1 Å². The van der Waals surface area contributed by atoms with E-state index in [2.05, 4.69) is 43.0 Å². The van der Waals surface area contributed by atoms with Crippen molar-refractivity contribution in [2.45, 2.75) is 13.0 Å². The van der Waals surface area contributed by atoms with Gasteiger partial charge in [-0.15, -0.1) is 0 Å². The van der Waals surface area contributed by atoms with Crippen LogP contribution < -0.4 is 10.9 Å². The van der Waals surface area contributed by atoms with Gasteiger partial charge in [-0.1, -0.05) is 0 Å². The first-order valence-electron chi connectivity index (χ1n) is 6.76. The molecule has 21 heavy (non-hydrogen) atoms. The number of carbonyl (C=O) groups is 1. The summed E-state index contributed by atoms with van der Waals surface area (Å²) >= 11 is 3.27. The summed E-state index contributed by atoms with van der Waals surface area (Å²) in [6, 6.07) is 0. The van der Waals surface area contributed by atoms with Gasteiger partial charge in [0.25, 0.3) is 5.56 Å². The lowest BCUT2D eigenvalue weighted by molar-refractivity contribution is -0.141. The van der Waals surface area contributed by atoms with Gasteiger partial charge in [-0.2, -0.15) is 5.10 Å². The van der Waals surface area contributed by atoms with Crippen molar-refractivity contribution in [2.24, 2.45) is 5.92 Å². The minimum absolute atomic E-state index is 0.193. The molecule has 0 saturated carbocycles. The number of likely N-dealkylation sites (tertiary alicyclic amines) is 1. The number of carbonyl (C=O) groups excluding carboxylic acids is 1. The maximum Gasteiger partial charge on any atom is 0.327 e. The van der Waals surface area contributed by atoms with E-state index in [1.165, 1.54) is 7.11 Å². The average molecular weight is 359 g/mol. The molecule has 1 aromatic heterocycles. The summed E-state index contributed by atoms with van der Waals surface area (Å²) in [5.74, 6) is 0.0607. The molecule has 0 aromatic carbocycles. The zero-order valence-corrected chi connectivity index (χ0v) is 13.7. The van der Waals surface area contributed by atoms with Crippen LogP contribution in [0.4, 0.5) is 5.69 Å². The highest BCUT2D eigenvalue weighted by molar-refractivity contribution is 9.10. The van der Waals surface area contributed by atoms with Crippen LogP contribution in [0, 0.1) is 5.92 Å². The number of aromatic nitrogens is 2. The molecule has 0 aliphatic carbocycles. The SMILES string of the molecule is COC(=O)Cn1ncc(NCC2CCN(C)C2)c(Br)c1=O. The van der Waals surface area contributed by atoms with E-state index in [0.717, 1.165) is 30.7 Å². The van der Waals surface area contributed by atoms with Crippen molar-refractivity contribution in [2.75, 3.05) is 39.1 Å². The molecule has 1 aliphatic heterocycles. The molecule has 0 bridgehead atoms. The highest BCUT2D eigenvalue weighted by atomic mass is 79.9. The second-order valence-electron chi connectivity index (χ2n) is 5.21. The van der Waals surface area contributed by atoms with Crippen LogP contribution in [0.1, 0.15) is 6.42 Å². The van der Waals surface area contributed by atoms with Gasteiger partial charge in [-0.05, 0) is 41.9 Å². The molecule has 1 fully saturated rings. The first-order chi connectivity index (χ1) is 10.0. The molecule has 2 rings (SSSR count). The number of methoxy groups -OCH3 is 1. The summed E-state index contributed by atoms with van der Waals surface area (Å²) in [4.78, 5) is 25.6. The van der Waals surface area contributed by atoms with E-state index in [1.54, 1.807) is 6.20 Å². The average Bonchev–Trinajstić information content (AvgIpc) is 2.88. The van der Waals surface area contributed by atoms with E-state index in [9.17, 15) is 9.59 Å². The van der Waals surface area contributed by atoms with Crippen LogP contribution in [0.15, 0.2) is 15.5 Å². The zero-order chi connectivity index (χ0) is 15.4. The monoisotopic (exact) mass is 358 g/mol. The van der Waals surface area contributed by atoms with Crippen LogP contribution in [0.3, 0.4) is 0 Å². The Labute approximate surface area is 131 Å². The number of hydrogen-bond acceptors (Lipinski definition) is 6. The van der Waals surface area contributed by atoms with Gasteiger partial charge in [0.05, 0.1) is 19.0 Å². The van der Waals surface area contributed by atoms with Crippen molar-refractivity contribution in [3.8, 4) is 0 Å². The fourth-order valence-electron chi connectivity index (χ4n) is 2.33. The molecule has 2 heterocycles. The fourth-order valence-corrected chi connectivity index (χ4v) is 2.78. The maximum atomic E-state index is 12.1. The Kier molecular flexibility index (Phi) is 5.35. The molecule has 1 unspecified atom stereocenters. The molecule has 0 amide bonds. The van der Waals surface area contributed by atoms with Gasteiger partial charge >= 0.3 is 5.97 Å². The van der Waals surface area contributed by atoms with Crippen molar-refractivity contribution < 1.29 is 9.53 Å². The Hall–Kier alpha value is -1.41. The summed E-state index contributed by atoms with van der Waals surface area (Å²) in [6.45, 7) is 2.76. The number of halogens is 1. The van der Waals surface area contributed by atoms with Crippen LogP contribution in [-0.2, 0) is 16.1 Å². The third kappa shape index (κ3) is 4.04.